The summed E-state index contributed by atoms with van der Waals surface area (Å²) in [4.78, 5) is 19.0. The molecule has 1 amide bonds. The standard InChI is InChI=1S/C16H20N3O/c1-19-14(20)16(18-15(19)17,12-8-4-2-5-9-12)13-10-6-3-7-11-13/h2,4,8-9,13H,3,6-7,10-11H2,1H3,(H2,17,18). The fraction of sp³-hybridized carbons (Fsp3) is 0.500. The van der Waals surface area contributed by atoms with Crippen molar-refractivity contribution < 1.29 is 4.79 Å². The highest BCUT2D eigenvalue weighted by molar-refractivity contribution is 6.07. The predicted molar refractivity (Wildman–Crippen MR) is 77.9 cm³/mol. The third-order valence-electron chi connectivity index (χ3n) is 4.61. The van der Waals surface area contributed by atoms with Gasteiger partial charge < -0.3 is 5.73 Å². The van der Waals surface area contributed by atoms with Crippen LogP contribution < -0.4 is 5.73 Å². The Hall–Kier alpha value is -1.84. The lowest BCUT2D eigenvalue weighted by molar-refractivity contribution is -0.133. The van der Waals surface area contributed by atoms with Gasteiger partial charge >= 0.3 is 0 Å². The van der Waals surface area contributed by atoms with E-state index in [1.54, 1.807) is 7.05 Å². The number of carbonyl (C=O) groups excluding carboxylic acids is 1. The third kappa shape index (κ3) is 1.82. The minimum atomic E-state index is -0.822. The van der Waals surface area contributed by atoms with Crippen LogP contribution in [0, 0.1) is 12.0 Å². The Kier molecular flexibility index (Phi) is 3.24. The second-order valence-corrected chi connectivity index (χ2v) is 5.73. The average molecular weight is 270 g/mol. The molecule has 4 nitrogen and oxygen atoms in total. The van der Waals surface area contributed by atoms with Gasteiger partial charge in [0, 0.05) is 7.05 Å². The fourth-order valence-electron chi connectivity index (χ4n) is 3.50. The molecule has 2 N–H and O–H groups in total. The van der Waals surface area contributed by atoms with Crippen LogP contribution in [-0.2, 0) is 10.3 Å². The Morgan fingerprint density at radius 2 is 2.15 bits per heavy atom. The maximum atomic E-state index is 12.9. The van der Waals surface area contributed by atoms with Gasteiger partial charge in [-0.05, 0) is 36.5 Å². The fourth-order valence-corrected chi connectivity index (χ4v) is 3.50. The molecular weight excluding hydrogens is 250 g/mol. The number of carbonyl (C=O) groups is 1. The monoisotopic (exact) mass is 270 g/mol. The first-order chi connectivity index (χ1) is 9.66. The molecule has 0 aromatic heterocycles. The number of hydrogen-bond donors (Lipinski definition) is 1. The van der Waals surface area contributed by atoms with Crippen molar-refractivity contribution in [3.63, 3.8) is 0 Å². The van der Waals surface area contributed by atoms with Crippen molar-refractivity contribution in [2.24, 2.45) is 16.6 Å². The van der Waals surface area contributed by atoms with E-state index in [1.807, 2.05) is 24.3 Å². The Labute approximate surface area is 119 Å². The topological polar surface area (TPSA) is 58.7 Å². The van der Waals surface area contributed by atoms with Crippen LogP contribution in [0.2, 0.25) is 0 Å². The van der Waals surface area contributed by atoms with Crippen molar-refractivity contribution in [1.82, 2.24) is 4.90 Å². The minimum Gasteiger partial charge on any atom is -0.369 e. The van der Waals surface area contributed by atoms with E-state index >= 15 is 0 Å². The number of benzene rings is 1. The zero-order valence-electron chi connectivity index (χ0n) is 11.8. The first kappa shape index (κ1) is 13.2. The molecule has 1 unspecified atom stereocenters. The molecule has 1 saturated carbocycles. The molecule has 20 heavy (non-hydrogen) atoms. The quantitative estimate of drug-likeness (QED) is 0.894. The first-order valence-electron chi connectivity index (χ1n) is 7.26. The van der Waals surface area contributed by atoms with E-state index in [0.29, 0.717) is 5.96 Å². The number of nitrogens with two attached hydrogens (primary N) is 1. The average Bonchev–Trinajstić information content (AvgIpc) is 2.74. The van der Waals surface area contributed by atoms with Crippen LogP contribution in [0.4, 0.5) is 0 Å². The van der Waals surface area contributed by atoms with E-state index in [1.165, 1.54) is 11.3 Å². The minimum absolute atomic E-state index is 0.00139. The summed E-state index contributed by atoms with van der Waals surface area (Å²) in [5.74, 6) is 0.564. The molecule has 1 fully saturated rings. The van der Waals surface area contributed by atoms with Gasteiger partial charge in [-0.3, -0.25) is 9.69 Å². The first-order valence-corrected chi connectivity index (χ1v) is 7.26. The van der Waals surface area contributed by atoms with E-state index in [0.717, 1.165) is 31.2 Å². The van der Waals surface area contributed by atoms with Crippen molar-refractivity contribution in [2.75, 3.05) is 7.05 Å². The van der Waals surface area contributed by atoms with Gasteiger partial charge in [0.1, 0.15) is 0 Å². The molecule has 0 bridgehead atoms. The van der Waals surface area contributed by atoms with Crippen molar-refractivity contribution in [2.45, 2.75) is 37.6 Å². The molecule has 1 aliphatic carbocycles. The molecule has 2 aliphatic rings. The van der Waals surface area contributed by atoms with Gasteiger partial charge in [-0.25, -0.2) is 4.99 Å². The van der Waals surface area contributed by atoms with E-state index in [2.05, 4.69) is 11.1 Å². The van der Waals surface area contributed by atoms with E-state index in [4.69, 9.17) is 5.73 Å². The Morgan fingerprint density at radius 1 is 1.40 bits per heavy atom. The van der Waals surface area contributed by atoms with Gasteiger partial charge in [-0.15, -0.1) is 0 Å². The Morgan fingerprint density at radius 3 is 2.70 bits per heavy atom. The summed E-state index contributed by atoms with van der Waals surface area (Å²) in [6, 6.07) is 10.7. The number of aliphatic imine (C=N–C) groups is 1. The van der Waals surface area contributed by atoms with Crippen molar-refractivity contribution in [1.29, 1.82) is 0 Å². The lowest BCUT2D eigenvalue weighted by Gasteiger charge is -2.36. The molecule has 0 spiro atoms. The van der Waals surface area contributed by atoms with Crippen molar-refractivity contribution in [3.05, 3.63) is 35.9 Å². The Balaban J connectivity index is 2.11. The van der Waals surface area contributed by atoms with Crippen LogP contribution in [0.15, 0.2) is 29.3 Å². The largest absolute Gasteiger partial charge is 0.369 e. The van der Waals surface area contributed by atoms with Crippen LogP contribution in [0.25, 0.3) is 0 Å². The van der Waals surface area contributed by atoms with Gasteiger partial charge in [-0.1, -0.05) is 37.5 Å². The van der Waals surface area contributed by atoms with Gasteiger partial charge in [0.05, 0.1) is 0 Å². The molecule has 0 saturated heterocycles. The molecule has 1 aliphatic heterocycles. The van der Waals surface area contributed by atoms with Gasteiger partial charge in [0.2, 0.25) is 0 Å². The highest BCUT2D eigenvalue weighted by Gasteiger charge is 2.53. The number of guanidine groups is 1. The molecule has 1 aromatic carbocycles. The third-order valence-corrected chi connectivity index (χ3v) is 4.61. The summed E-state index contributed by atoms with van der Waals surface area (Å²) in [6.45, 7) is 0. The van der Waals surface area contributed by atoms with Crippen molar-refractivity contribution >= 4 is 11.9 Å². The molecule has 1 radical (unpaired) electrons. The van der Waals surface area contributed by atoms with E-state index < -0.39 is 5.54 Å². The second kappa shape index (κ2) is 4.93. The normalized spacial score (nSPS) is 27.8. The Bertz CT molecular complexity index is 534. The smallest absolute Gasteiger partial charge is 0.261 e. The maximum absolute atomic E-state index is 12.9. The number of rotatable bonds is 2. The van der Waals surface area contributed by atoms with Crippen molar-refractivity contribution in [3.8, 4) is 0 Å². The lowest BCUT2D eigenvalue weighted by atomic mass is 9.71. The van der Waals surface area contributed by atoms with Crippen LogP contribution in [-0.4, -0.2) is 23.8 Å². The second-order valence-electron chi connectivity index (χ2n) is 5.73. The molecule has 4 heteroatoms. The highest BCUT2D eigenvalue weighted by atomic mass is 16.2. The number of nitrogens with zero attached hydrogens (tertiary/aromatic N) is 2. The SMILES string of the molecule is CN1C(=O)C(c2c[c]ccc2)(C2CCCCC2)N=C1N. The van der Waals surface area contributed by atoms with Crippen LogP contribution in [0.5, 0.6) is 0 Å². The number of likely N-dealkylation sites (N-methyl/N-ethyl adjacent to an activating group) is 1. The summed E-state index contributed by atoms with van der Waals surface area (Å²) in [5.41, 5.74) is 6.03. The van der Waals surface area contributed by atoms with Crippen LogP contribution in [0.1, 0.15) is 37.7 Å². The number of hydrogen-bond acceptors (Lipinski definition) is 3. The molecule has 1 atom stereocenters. The summed E-state index contributed by atoms with van der Waals surface area (Å²) in [5, 5.41) is 0. The van der Waals surface area contributed by atoms with Crippen LogP contribution >= 0.6 is 0 Å². The summed E-state index contributed by atoms with van der Waals surface area (Å²) >= 11 is 0. The summed E-state index contributed by atoms with van der Waals surface area (Å²) in [6.07, 6.45) is 5.64. The summed E-state index contributed by atoms with van der Waals surface area (Å²) < 4.78 is 0. The van der Waals surface area contributed by atoms with Crippen LogP contribution in [0.3, 0.4) is 0 Å². The molecule has 1 heterocycles. The number of amides is 1. The van der Waals surface area contributed by atoms with E-state index in [9.17, 15) is 4.79 Å². The maximum Gasteiger partial charge on any atom is 0.261 e. The molecule has 1 aromatic rings. The molecule has 3 rings (SSSR count). The highest BCUT2D eigenvalue weighted by Crippen LogP contribution is 2.45. The lowest BCUT2D eigenvalue weighted by Crippen LogP contribution is -2.45. The van der Waals surface area contributed by atoms with E-state index in [-0.39, 0.29) is 11.8 Å². The molecular formula is C16H20N3O. The van der Waals surface area contributed by atoms with Gasteiger partial charge in [0.25, 0.3) is 5.91 Å². The van der Waals surface area contributed by atoms with Gasteiger partial charge in [0.15, 0.2) is 11.5 Å². The predicted octanol–water partition coefficient (Wildman–Crippen LogP) is 2.05. The zero-order chi connectivity index (χ0) is 14.2. The molecule has 105 valence electrons. The van der Waals surface area contributed by atoms with Gasteiger partial charge in [-0.2, -0.15) is 0 Å². The zero-order valence-corrected chi connectivity index (χ0v) is 11.8. The summed E-state index contributed by atoms with van der Waals surface area (Å²) in [7, 11) is 1.71.